The lowest BCUT2D eigenvalue weighted by Crippen LogP contribution is -2.28. The van der Waals surface area contributed by atoms with Crippen LogP contribution in [0.5, 0.6) is 0 Å². The summed E-state index contributed by atoms with van der Waals surface area (Å²) < 4.78 is 6.30. The van der Waals surface area contributed by atoms with Crippen LogP contribution < -0.4 is 10.6 Å². The fourth-order valence-corrected chi connectivity index (χ4v) is 5.02. The Kier molecular flexibility index (Phi) is 6.30. The van der Waals surface area contributed by atoms with E-state index in [4.69, 9.17) is 9.84 Å². The molecule has 2 aliphatic carbocycles. The molecule has 35 heavy (non-hydrogen) atoms. The van der Waals surface area contributed by atoms with E-state index >= 15 is 0 Å². The van der Waals surface area contributed by atoms with Crippen molar-refractivity contribution in [3.05, 3.63) is 87.9 Å². The Labute approximate surface area is 210 Å². The quantitative estimate of drug-likeness (QED) is 0.383. The van der Waals surface area contributed by atoms with Crippen LogP contribution in [0.2, 0.25) is 0 Å². The van der Waals surface area contributed by atoms with Gasteiger partial charge in [-0.25, -0.2) is 4.79 Å². The van der Waals surface area contributed by atoms with Crippen molar-refractivity contribution >= 4 is 39.6 Å². The van der Waals surface area contributed by atoms with E-state index < -0.39 is 18.0 Å². The van der Waals surface area contributed by atoms with Crippen molar-refractivity contribution < 1.29 is 24.2 Å². The third-order valence-corrected chi connectivity index (χ3v) is 7.06. The highest BCUT2D eigenvalue weighted by Gasteiger charge is 2.43. The van der Waals surface area contributed by atoms with Gasteiger partial charge in [0.15, 0.2) is 0 Å². The molecule has 7 nitrogen and oxygen atoms in total. The Morgan fingerprint density at radius 1 is 0.971 bits per heavy atom. The molecule has 0 bridgehead atoms. The van der Waals surface area contributed by atoms with E-state index in [1.165, 1.54) is 0 Å². The zero-order chi connectivity index (χ0) is 24.5. The summed E-state index contributed by atoms with van der Waals surface area (Å²) in [5, 5.41) is 14.5. The third kappa shape index (κ3) is 4.79. The fourth-order valence-electron chi connectivity index (χ4n) is 4.66. The number of halogens is 1. The Bertz CT molecular complexity index is 1280. The van der Waals surface area contributed by atoms with Gasteiger partial charge >= 0.3 is 12.1 Å². The number of aliphatic carboxylic acids is 1. The largest absolute Gasteiger partial charge is 0.481 e. The topological polar surface area (TPSA) is 105 Å². The first kappa shape index (κ1) is 23.1. The maximum absolute atomic E-state index is 12.7. The summed E-state index contributed by atoms with van der Waals surface area (Å²) in [6.45, 7) is 0.434. The molecule has 0 aliphatic heterocycles. The van der Waals surface area contributed by atoms with E-state index in [1.54, 1.807) is 18.2 Å². The van der Waals surface area contributed by atoms with Gasteiger partial charge in [-0.1, -0.05) is 64.5 Å². The molecule has 178 valence electrons. The van der Waals surface area contributed by atoms with Crippen LogP contribution in [-0.2, 0) is 9.53 Å². The van der Waals surface area contributed by atoms with Gasteiger partial charge in [0, 0.05) is 16.9 Å². The Hall–Kier alpha value is -3.65. The normalized spacial score (nSPS) is 17.7. The van der Waals surface area contributed by atoms with Gasteiger partial charge in [0.25, 0.3) is 5.91 Å². The van der Waals surface area contributed by atoms with E-state index in [0.29, 0.717) is 16.6 Å². The summed E-state index contributed by atoms with van der Waals surface area (Å²) in [4.78, 5) is 36.5. The lowest BCUT2D eigenvalue weighted by Gasteiger charge is -2.16. The number of carbonyl (C=O) groups excluding carboxylic acids is 2. The minimum atomic E-state index is -0.842. The van der Waals surface area contributed by atoms with Crippen LogP contribution >= 0.6 is 15.9 Å². The van der Waals surface area contributed by atoms with Crippen LogP contribution in [0.1, 0.15) is 33.8 Å². The summed E-state index contributed by atoms with van der Waals surface area (Å²) in [7, 11) is 0. The molecule has 3 aromatic rings. The van der Waals surface area contributed by atoms with Gasteiger partial charge in [-0.3, -0.25) is 14.9 Å². The average molecular weight is 535 g/mol. The number of nitrogens with one attached hydrogen (secondary N) is 2. The smallest absolute Gasteiger partial charge is 0.411 e. The van der Waals surface area contributed by atoms with Crippen LogP contribution in [-0.4, -0.2) is 36.2 Å². The molecule has 0 spiro atoms. The maximum atomic E-state index is 12.7. The van der Waals surface area contributed by atoms with Gasteiger partial charge in [-0.2, -0.15) is 0 Å². The van der Waals surface area contributed by atoms with Crippen LogP contribution in [0.25, 0.3) is 11.1 Å². The number of anilines is 1. The Morgan fingerprint density at radius 3 is 2.26 bits per heavy atom. The van der Waals surface area contributed by atoms with E-state index in [-0.39, 0.29) is 36.5 Å². The second-order valence-electron chi connectivity index (χ2n) is 8.79. The summed E-state index contributed by atoms with van der Waals surface area (Å²) in [6, 6.07) is 21.1. The van der Waals surface area contributed by atoms with Crippen molar-refractivity contribution in [2.75, 3.05) is 18.5 Å². The molecule has 2 amide bonds. The number of fused-ring (bicyclic) bond motifs is 3. The van der Waals surface area contributed by atoms with Gasteiger partial charge in [-0.05, 0) is 52.8 Å². The number of ether oxygens (including phenoxy) is 1. The molecule has 5 rings (SSSR count). The molecule has 1 saturated carbocycles. The van der Waals surface area contributed by atoms with Crippen molar-refractivity contribution in [1.29, 1.82) is 0 Å². The predicted molar refractivity (Wildman–Crippen MR) is 134 cm³/mol. The van der Waals surface area contributed by atoms with Gasteiger partial charge < -0.3 is 15.2 Å². The number of rotatable bonds is 7. The number of benzene rings is 3. The number of carboxylic acid groups (broad SMARTS) is 1. The second-order valence-corrected chi connectivity index (χ2v) is 9.71. The summed E-state index contributed by atoms with van der Waals surface area (Å²) in [5.74, 6) is -1.77. The molecule has 0 heterocycles. The first-order chi connectivity index (χ1) is 16.9. The van der Waals surface area contributed by atoms with Crippen LogP contribution in [0.15, 0.2) is 71.2 Å². The lowest BCUT2D eigenvalue weighted by atomic mass is 9.98. The van der Waals surface area contributed by atoms with Crippen LogP contribution in [0, 0.1) is 11.8 Å². The molecular formula is C27H23BrN2O5. The number of carbonyl (C=O) groups is 3. The fraction of sp³-hybridized carbons (Fsp3) is 0.222. The molecule has 3 aromatic carbocycles. The van der Waals surface area contributed by atoms with E-state index in [2.05, 4.69) is 38.7 Å². The molecule has 0 aromatic heterocycles. The Morgan fingerprint density at radius 2 is 1.63 bits per heavy atom. The molecule has 0 radical (unpaired) electrons. The maximum Gasteiger partial charge on any atom is 0.411 e. The van der Waals surface area contributed by atoms with Crippen molar-refractivity contribution in [2.45, 2.75) is 12.3 Å². The summed E-state index contributed by atoms with van der Waals surface area (Å²) in [6.07, 6.45) is -0.104. The predicted octanol–water partition coefficient (Wildman–Crippen LogP) is 5.26. The molecule has 2 atom stereocenters. The van der Waals surface area contributed by atoms with Gasteiger partial charge in [0.05, 0.1) is 17.2 Å². The number of hydrogen-bond acceptors (Lipinski definition) is 4. The zero-order valence-electron chi connectivity index (χ0n) is 18.7. The van der Waals surface area contributed by atoms with Crippen molar-refractivity contribution in [3.8, 4) is 11.1 Å². The highest BCUT2D eigenvalue weighted by molar-refractivity contribution is 9.10. The Balaban J connectivity index is 1.25. The molecule has 3 N–H and O–H groups in total. The van der Waals surface area contributed by atoms with Crippen LogP contribution in [0.4, 0.5) is 10.5 Å². The molecule has 8 heteroatoms. The van der Waals surface area contributed by atoms with E-state index in [9.17, 15) is 14.4 Å². The summed E-state index contributed by atoms with van der Waals surface area (Å²) in [5.41, 5.74) is 5.09. The monoisotopic (exact) mass is 534 g/mol. The first-order valence-electron chi connectivity index (χ1n) is 11.3. The zero-order valence-corrected chi connectivity index (χ0v) is 20.2. The number of carboxylic acids is 1. The SMILES string of the molecule is O=C(Nc1cc(Br)ccc1C(=O)NCC1CC1C(=O)O)OCC1c2ccccc2-c2ccccc21. The minimum Gasteiger partial charge on any atom is -0.481 e. The van der Waals surface area contributed by atoms with E-state index in [1.807, 2.05) is 36.4 Å². The number of hydrogen-bond donors (Lipinski definition) is 3. The van der Waals surface area contributed by atoms with Gasteiger partial charge in [0.1, 0.15) is 6.61 Å². The molecule has 1 fully saturated rings. The minimum absolute atomic E-state index is 0.0644. The average Bonchev–Trinajstić information content (AvgIpc) is 3.57. The second kappa shape index (κ2) is 9.54. The lowest BCUT2D eigenvalue weighted by molar-refractivity contribution is -0.138. The molecule has 2 unspecified atom stereocenters. The molecular weight excluding hydrogens is 512 g/mol. The van der Waals surface area contributed by atoms with Gasteiger partial charge in [0.2, 0.25) is 0 Å². The first-order valence-corrected chi connectivity index (χ1v) is 12.1. The highest BCUT2D eigenvalue weighted by Crippen LogP contribution is 2.44. The third-order valence-electron chi connectivity index (χ3n) is 6.57. The van der Waals surface area contributed by atoms with Crippen molar-refractivity contribution in [1.82, 2.24) is 5.32 Å². The standard InChI is InChI=1S/C27H23BrN2O5/c28-16-9-10-21(25(31)29-13-15-11-22(15)26(32)33)24(12-16)30-27(34)35-14-23-19-7-3-1-5-17(19)18-6-2-4-8-20(18)23/h1-10,12,15,22-23H,11,13-14H2,(H,29,31)(H,30,34)(H,32,33). The molecule has 2 aliphatic rings. The summed E-state index contributed by atoms with van der Waals surface area (Å²) >= 11 is 3.37. The molecule has 0 saturated heterocycles. The van der Waals surface area contributed by atoms with Crippen molar-refractivity contribution in [3.63, 3.8) is 0 Å². The number of amides is 2. The van der Waals surface area contributed by atoms with Gasteiger partial charge in [-0.15, -0.1) is 0 Å². The van der Waals surface area contributed by atoms with E-state index in [0.717, 1.165) is 22.3 Å². The van der Waals surface area contributed by atoms with Crippen molar-refractivity contribution in [2.24, 2.45) is 11.8 Å². The highest BCUT2D eigenvalue weighted by atomic mass is 79.9. The van der Waals surface area contributed by atoms with Crippen LogP contribution in [0.3, 0.4) is 0 Å².